The van der Waals surface area contributed by atoms with Gasteiger partial charge >= 0.3 is 57.4 Å². The van der Waals surface area contributed by atoms with E-state index in [0.717, 1.165) is 0 Å². The molecule has 1 fully saturated rings. The second-order valence-corrected chi connectivity index (χ2v) is 2.49. The van der Waals surface area contributed by atoms with Crippen LogP contribution in [-0.2, 0) is 14.3 Å². The summed E-state index contributed by atoms with van der Waals surface area (Å²) in [4.78, 5) is 10.4. The Kier molecular flexibility index (Phi) is 7.25. The number of hydrogen-bond donors (Lipinski definition) is 1. The normalized spacial score (nSPS) is 33.3. The molecule has 1 aliphatic rings. The largest absolute Gasteiger partial charge is 1.00 e. The molecule has 2 unspecified atom stereocenters. The number of hydrogen-bond acceptors (Lipinski definition) is 3. The summed E-state index contributed by atoms with van der Waals surface area (Å²) < 4.78 is 9.88. The number of carbonyl (C=O) groups is 1. The summed E-state index contributed by atoms with van der Waals surface area (Å²) in [6.45, 7) is 3.52. The van der Waals surface area contributed by atoms with Gasteiger partial charge in [-0.25, -0.2) is 4.79 Å². The Morgan fingerprint density at radius 3 is 2.42 bits per heavy atom. The van der Waals surface area contributed by atoms with Crippen LogP contribution >= 0.6 is 0 Å². The van der Waals surface area contributed by atoms with E-state index < -0.39 is 11.8 Å². The van der Waals surface area contributed by atoms with Crippen LogP contribution in [0.1, 0.15) is 15.3 Å². The third-order valence-electron chi connectivity index (χ3n) is 1.41. The Hall–Kier alpha value is 0.956. The Bertz CT molecular complexity index is 171. The van der Waals surface area contributed by atoms with E-state index in [1.165, 1.54) is 6.92 Å². The topological polar surface area (TPSA) is 55.8 Å². The minimum atomic E-state index is -1.42. The van der Waals surface area contributed by atoms with Crippen LogP contribution in [0.15, 0.2) is 0 Å². The van der Waals surface area contributed by atoms with Crippen LogP contribution in [0.5, 0.6) is 0 Å². The molecule has 0 amide bonds. The monoisotopic (exact) mass is 206 g/mol. The van der Waals surface area contributed by atoms with Crippen molar-refractivity contribution in [2.45, 2.75) is 25.7 Å². The molecule has 0 aromatic heterocycles. The number of rotatable bonds is 1. The molecule has 4 nitrogen and oxygen atoms in total. The van der Waals surface area contributed by atoms with Crippen molar-refractivity contribution in [1.29, 1.82) is 0 Å². The van der Waals surface area contributed by atoms with Gasteiger partial charge in [0.15, 0.2) is 0 Å². The number of ether oxygens (including phenoxy) is 2. The molecule has 12 heavy (non-hydrogen) atoms. The first kappa shape index (κ1) is 15.4. The van der Waals surface area contributed by atoms with E-state index in [9.17, 15) is 4.79 Å². The molecular weight excluding hydrogens is 194 g/mol. The van der Waals surface area contributed by atoms with E-state index in [1.807, 2.05) is 0 Å². The van der Waals surface area contributed by atoms with Crippen molar-refractivity contribution >= 4 is 5.97 Å². The summed E-state index contributed by atoms with van der Waals surface area (Å²) in [5.74, 6) is -2.49. The van der Waals surface area contributed by atoms with Crippen molar-refractivity contribution in [3.8, 4) is 0 Å². The molecule has 68 valence electrons. The molecule has 6 heteroatoms. The Morgan fingerprint density at radius 2 is 2.25 bits per heavy atom. The minimum absolute atomic E-state index is 0. The van der Waals surface area contributed by atoms with Crippen molar-refractivity contribution in [2.75, 3.05) is 6.61 Å². The second kappa shape index (κ2) is 5.64. The van der Waals surface area contributed by atoms with Crippen molar-refractivity contribution in [3.63, 3.8) is 0 Å². The molecule has 0 bridgehead atoms. The zero-order valence-electron chi connectivity index (χ0n) is 8.36. The average molecular weight is 206 g/mol. The molecule has 0 radical (unpaired) electrons. The molecule has 2 atom stereocenters. The van der Waals surface area contributed by atoms with Gasteiger partial charge in [0.05, 0.1) is 12.7 Å². The van der Waals surface area contributed by atoms with Crippen LogP contribution in [0.2, 0.25) is 0 Å². The van der Waals surface area contributed by atoms with Gasteiger partial charge in [-0.1, -0.05) is 0 Å². The van der Waals surface area contributed by atoms with Crippen molar-refractivity contribution in [1.82, 2.24) is 0 Å². The minimum Gasteiger partial charge on any atom is -1.00 e. The number of carboxylic acid groups (broad SMARTS) is 1. The smallest absolute Gasteiger partial charge is 1.00 e. The van der Waals surface area contributed by atoms with Gasteiger partial charge in [-0.3, -0.25) is 4.70 Å². The third-order valence-corrected chi connectivity index (χ3v) is 1.41. The van der Waals surface area contributed by atoms with Gasteiger partial charge in [-0.2, -0.15) is 0 Å². The summed E-state index contributed by atoms with van der Waals surface area (Å²) in [7, 11) is 0. The van der Waals surface area contributed by atoms with Crippen molar-refractivity contribution < 1.29 is 76.9 Å². The quantitative estimate of drug-likeness (QED) is 0.482. The summed E-state index contributed by atoms with van der Waals surface area (Å²) in [6.07, 6.45) is -0.124. The molecular formula is C6H12FKO4. The number of aliphatic carboxylic acids is 1. The Labute approximate surface area is 114 Å². The fourth-order valence-electron chi connectivity index (χ4n) is 0.840. The maximum atomic E-state index is 10.4. The fraction of sp³-hybridized carbons (Fsp3) is 0.833. The molecule has 1 aliphatic heterocycles. The molecule has 0 aromatic rings. The summed E-state index contributed by atoms with van der Waals surface area (Å²) in [6, 6.07) is 0. The molecule has 0 saturated carbocycles. The van der Waals surface area contributed by atoms with Gasteiger partial charge in [0.2, 0.25) is 0 Å². The molecule has 1 rings (SSSR count). The fourth-order valence-corrected chi connectivity index (χ4v) is 0.840. The van der Waals surface area contributed by atoms with Gasteiger partial charge in [-0.15, -0.1) is 0 Å². The average Bonchev–Trinajstić information content (AvgIpc) is 2.13. The zero-order valence-corrected chi connectivity index (χ0v) is 10.5. The molecule has 0 spiro atoms. The maximum Gasteiger partial charge on any atom is 1.00 e. The van der Waals surface area contributed by atoms with Crippen LogP contribution in [0.25, 0.3) is 0 Å². The van der Waals surface area contributed by atoms with Crippen LogP contribution < -0.4 is 51.4 Å². The van der Waals surface area contributed by atoms with Gasteiger partial charge in [0.1, 0.15) is 0 Å². The Balaban J connectivity index is -0.000000333. The standard InChI is InChI=1S/C6H10O4.FH.K.H/c1-4-3-9-6(2,10-4)5(7)8;;;/h4H,3H2,1-2H3,(H,7,8);1H;;/q;;+1;-1. The molecule has 0 aliphatic carbocycles. The van der Waals surface area contributed by atoms with Crippen LogP contribution in [0, 0.1) is 0 Å². The van der Waals surface area contributed by atoms with Gasteiger partial charge in [0.25, 0.3) is 5.79 Å². The maximum absolute atomic E-state index is 10.4. The van der Waals surface area contributed by atoms with E-state index >= 15 is 0 Å². The number of halogens is 1. The van der Waals surface area contributed by atoms with Crippen LogP contribution in [-0.4, -0.2) is 29.6 Å². The van der Waals surface area contributed by atoms with Crippen molar-refractivity contribution in [2.24, 2.45) is 0 Å². The second-order valence-electron chi connectivity index (χ2n) is 2.49. The predicted octanol–water partition coefficient (Wildman–Crippen LogP) is -2.51. The van der Waals surface area contributed by atoms with Crippen LogP contribution in [0.3, 0.4) is 0 Å². The first-order valence-electron chi connectivity index (χ1n) is 3.10. The van der Waals surface area contributed by atoms with Gasteiger partial charge in [-0.05, 0) is 6.92 Å². The molecule has 0 aromatic carbocycles. The zero-order chi connectivity index (χ0) is 7.78. The third kappa shape index (κ3) is 3.37. The predicted molar refractivity (Wildman–Crippen MR) is 36.2 cm³/mol. The Morgan fingerprint density at radius 1 is 1.75 bits per heavy atom. The summed E-state index contributed by atoms with van der Waals surface area (Å²) in [5, 5.41) is 8.54. The molecule has 1 saturated heterocycles. The van der Waals surface area contributed by atoms with Crippen molar-refractivity contribution in [3.05, 3.63) is 0 Å². The van der Waals surface area contributed by atoms with E-state index in [4.69, 9.17) is 14.6 Å². The SMILES string of the molecule is CC1COC(C)(C(=O)O)O1.F.[H-].[K+]. The number of carboxylic acids is 1. The molecule has 1 heterocycles. The van der Waals surface area contributed by atoms with Crippen LogP contribution in [0.4, 0.5) is 4.70 Å². The first-order valence-corrected chi connectivity index (χ1v) is 3.10. The van der Waals surface area contributed by atoms with E-state index in [1.54, 1.807) is 6.92 Å². The van der Waals surface area contributed by atoms with E-state index in [0.29, 0.717) is 6.61 Å². The van der Waals surface area contributed by atoms with Gasteiger partial charge in [0, 0.05) is 6.92 Å². The van der Waals surface area contributed by atoms with E-state index in [2.05, 4.69) is 0 Å². The molecule has 1 N–H and O–H groups in total. The van der Waals surface area contributed by atoms with E-state index in [-0.39, 0.29) is 63.6 Å². The summed E-state index contributed by atoms with van der Waals surface area (Å²) >= 11 is 0. The first-order chi connectivity index (χ1) is 4.54. The summed E-state index contributed by atoms with van der Waals surface area (Å²) in [5.41, 5.74) is 0. The van der Waals surface area contributed by atoms with Gasteiger partial charge < -0.3 is 16.0 Å².